The van der Waals surface area contributed by atoms with Crippen molar-refractivity contribution in [3.63, 3.8) is 0 Å². The van der Waals surface area contributed by atoms with E-state index in [1.165, 1.54) is 32.1 Å². The van der Waals surface area contributed by atoms with Crippen LogP contribution < -0.4 is 0 Å². The number of hydrogen-bond donors (Lipinski definition) is 1. The molecule has 0 radical (unpaired) electrons. The molecule has 1 nitrogen and oxygen atoms in total. The molecule has 1 heteroatoms. The van der Waals surface area contributed by atoms with Gasteiger partial charge in [-0.3, -0.25) is 0 Å². The van der Waals surface area contributed by atoms with Crippen molar-refractivity contribution in [3.8, 4) is 0 Å². The molecule has 3 unspecified atom stereocenters. The zero-order chi connectivity index (χ0) is 13.1. The van der Waals surface area contributed by atoms with E-state index in [-0.39, 0.29) is 6.10 Å². The van der Waals surface area contributed by atoms with Crippen LogP contribution in [0.15, 0.2) is 0 Å². The molecule has 3 rings (SSSR count). The Morgan fingerprint density at radius 3 is 2.22 bits per heavy atom. The van der Waals surface area contributed by atoms with Crippen molar-refractivity contribution >= 4 is 0 Å². The fourth-order valence-electron chi connectivity index (χ4n) is 5.67. The Balaban J connectivity index is 1.79. The van der Waals surface area contributed by atoms with Crippen LogP contribution in [-0.4, -0.2) is 11.2 Å². The molecule has 6 atom stereocenters. The lowest BCUT2D eigenvalue weighted by Gasteiger charge is -2.45. The maximum atomic E-state index is 10.2. The van der Waals surface area contributed by atoms with E-state index in [0.29, 0.717) is 16.7 Å². The summed E-state index contributed by atoms with van der Waals surface area (Å²) in [6.45, 7) is 9.78. The van der Waals surface area contributed by atoms with Crippen LogP contribution in [0.3, 0.4) is 0 Å². The molecular formula is C17H30O. The summed E-state index contributed by atoms with van der Waals surface area (Å²) in [6, 6.07) is 0. The van der Waals surface area contributed by atoms with Crippen LogP contribution in [-0.2, 0) is 0 Å². The maximum absolute atomic E-state index is 10.2. The average molecular weight is 250 g/mol. The number of rotatable bonds is 1. The first-order valence-electron chi connectivity index (χ1n) is 8.04. The second-order valence-electron chi connectivity index (χ2n) is 8.33. The summed E-state index contributed by atoms with van der Waals surface area (Å²) in [5.41, 5.74) is 1.08. The van der Waals surface area contributed by atoms with Gasteiger partial charge in [-0.25, -0.2) is 0 Å². The van der Waals surface area contributed by atoms with E-state index in [4.69, 9.17) is 0 Å². The maximum Gasteiger partial charge on any atom is 0.0568 e. The highest BCUT2D eigenvalue weighted by atomic mass is 16.3. The third-order valence-corrected chi connectivity index (χ3v) is 7.62. The van der Waals surface area contributed by atoms with Gasteiger partial charge in [-0.1, -0.05) is 27.7 Å². The summed E-state index contributed by atoms with van der Waals surface area (Å²) in [5.74, 6) is 3.16. The number of aliphatic hydroxyl groups excluding tert-OH is 1. The van der Waals surface area contributed by atoms with Gasteiger partial charge in [-0.05, 0) is 73.0 Å². The topological polar surface area (TPSA) is 20.2 Å². The summed E-state index contributed by atoms with van der Waals surface area (Å²) in [6.07, 6.45) is 7.96. The van der Waals surface area contributed by atoms with Gasteiger partial charge in [-0.2, -0.15) is 0 Å². The van der Waals surface area contributed by atoms with Crippen LogP contribution in [0, 0.1) is 34.5 Å². The first-order chi connectivity index (χ1) is 8.36. The molecule has 0 aromatic rings. The molecule has 0 aromatic heterocycles. The Bertz CT molecular complexity index is 335. The monoisotopic (exact) mass is 250 g/mol. The molecule has 3 fully saturated rings. The van der Waals surface area contributed by atoms with Crippen LogP contribution in [0.25, 0.3) is 0 Å². The van der Waals surface area contributed by atoms with Gasteiger partial charge in [-0.15, -0.1) is 0 Å². The average Bonchev–Trinajstić information content (AvgIpc) is 2.65. The van der Waals surface area contributed by atoms with Crippen molar-refractivity contribution in [2.24, 2.45) is 34.5 Å². The molecule has 1 N–H and O–H groups in total. The molecule has 0 aromatic carbocycles. The minimum atomic E-state index is -0.0328. The fourth-order valence-corrected chi connectivity index (χ4v) is 5.67. The van der Waals surface area contributed by atoms with Crippen molar-refractivity contribution in [1.82, 2.24) is 0 Å². The smallest absolute Gasteiger partial charge is 0.0568 e. The minimum Gasteiger partial charge on any atom is -0.393 e. The summed E-state index contributed by atoms with van der Waals surface area (Å²) in [7, 11) is 0. The third-order valence-electron chi connectivity index (χ3n) is 7.62. The van der Waals surface area contributed by atoms with Crippen molar-refractivity contribution in [1.29, 1.82) is 0 Å². The molecule has 0 heterocycles. The number of fused-ring (bicyclic) bond motifs is 2. The molecular weight excluding hydrogens is 220 g/mol. The molecule has 0 amide bonds. The fraction of sp³-hybridized carbons (Fsp3) is 1.00. The van der Waals surface area contributed by atoms with Crippen LogP contribution in [0.5, 0.6) is 0 Å². The summed E-state index contributed by atoms with van der Waals surface area (Å²) in [5, 5.41) is 10.2. The van der Waals surface area contributed by atoms with E-state index in [2.05, 4.69) is 27.7 Å². The van der Waals surface area contributed by atoms with Gasteiger partial charge >= 0.3 is 0 Å². The van der Waals surface area contributed by atoms with E-state index in [1.54, 1.807) is 0 Å². The minimum absolute atomic E-state index is 0.0328. The molecule has 3 aliphatic rings. The van der Waals surface area contributed by atoms with E-state index in [9.17, 15) is 5.11 Å². The van der Waals surface area contributed by atoms with Crippen molar-refractivity contribution in [3.05, 3.63) is 0 Å². The SMILES string of the molecule is CC1CCC([C@H]2C[C@@H]3CC[C@@]2(C)C3(C)C)CC1O. The van der Waals surface area contributed by atoms with Crippen molar-refractivity contribution in [2.75, 3.05) is 0 Å². The predicted octanol–water partition coefficient (Wildman–Crippen LogP) is 4.25. The number of aliphatic hydroxyl groups is 1. The highest BCUT2D eigenvalue weighted by Crippen LogP contribution is 2.70. The third kappa shape index (κ3) is 1.55. The lowest BCUT2D eigenvalue weighted by atomic mass is 9.60. The highest BCUT2D eigenvalue weighted by molar-refractivity contribution is 5.11. The van der Waals surface area contributed by atoms with E-state index in [1.807, 2.05) is 0 Å². The van der Waals surface area contributed by atoms with E-state index >= 15 is 0 Å². The molecule has 104 valence electrons. The predicted molar refractivity (Wildman–Crippen MR) is 75.2 cm³/mol. The van der Waals surface area contributed by atoms with Crippen molar-refractivity contribution < 1.29 is 5.11 Å². The first-order valence-corrected chi connectivity index (χ1v) is 8.04. The zero-order valence-corrected chi connectivity index (χ0v) is 12.6. The van der Waals surface area contributed by atoms with Crippen LogP contribution in [0.2, 0.25) is 0 Å². The quantitative estimate of drug-likeness (QED) is 0.738. The molecule has 0 spiro atoms. The molecule has 0 aliphatic heterocycles. The van der Waals surface area contributed by atoms with E-state index < -0.39 is 0 Å². The Kier molecular flexibility index (Phi) is 2.86. The van der Waals surface area contributed by atoms with Gasteiger partial charge < -0.3 is 5.11 Å². The van der Waals surface area contributed by atoms with Gasteiger partial charge in [0.2, 0.25) is 0 Å². The summed E-state index contributed by atoms with van der Waals surface area (Å²) >= 11 is 0. The highest BCUT2D eigenvalue weighted by Gasteiger charge is 2.62. The number of hydrogen-bond acceptors (Lipinski definition) is 1. The van der Waals surface area contributed by atoms with Gasteiger partial charge in [0.25, 0.3) is 0 Å². The lowest BCUT2D eigenvalue weighted by molar-refractivity contribution is -0.00541. The second kappa shape index (κ2) is 3.98. The summed E-state index contributed by atoms with van der Waals surface area (Å²) < 4.78 is 0. The molecule has 3 saturated carbocycles. The molecule has 0 saturated heterocycles. The standard InChI is InChI=1S/C17H30O/c1-11-5-6-12(9-15(11)18)14-10-13-7-8-17(14,4)16(13,2)3/h11-15,18H,5-10H2,1-4H3/t11?,12?,13-,14+,15?,17+/m0/s1. The molecule has 18 heavy (non-hydrogen) atoms. The van der Waals surface area contributed by atoms with Gasteiger partial charge in [0.05, 0.1) is 6.10 Å². The van der Waals surface area contributed by atoms with Crippen molar-refractivity contribution in [2.45, 2.75) is 72.3 Å². The lowest BCUT2D eigenvalue weighted by Crippen LogP contribution is -2.39. The Morgan fingerprint density at radius 2 is 1.72 bits per heavy atom. The Hall–Kier alpha value is -0.0400. The Labute approximate surface area is 112 Å². The van der Waals surface area contributed by atoms with E-state index in [0.717, 1.165) is 24.2 Å². The molecule has 3 aliphatic carbocycles. The summed E-state index contributed by atoms with van der Waals surface area (Å²) in [4.78, 5) is 0. The largest absolute Gasteiger partial charge is 0.393 e. The van der Waals surface area contributed by atoms with Crippen LogP contribution >= 0.6 is 0 Å². The first kappa shape index (κ1) is 13.0. The van der Waals surface area contributed by atoms with Crippen LogP contribution in [0.1, 0.15) is 66.2 Å². The van der Waals surface area contributed by atoms with Gasteiger partial charge in [0.1, 0.15) is 0 Å². The van der Waals surface area contributed by atoms with Gasteiger partial charge in [0, 0.05) is 0 Å². The zero-order valence-electron chi connectivity index (χ0n) is 12.6. The molecule has 2 bridgehead atoms. The Morgan fingerprint density at radius 1 is 1.00 bits per heavy atom. The van der Waals surface area contributed by atoms with Gasteiger partial charge in [0.15, 0.2) is 0 Å². The second-order valence-corrected chi connectivity index (χ2v) is 8.33. The normalized spacial score (nSPS) is 54.8. The van der Waals surface area contributed by atoms with Crippen LogP contribution in [0.4, 0.5) is 0 Å².